The number of carbonyl (C=O) groups excluding carboxylic acids is 3. The maximum atomic E-state index is 11.8. The minimum Gasteiger partial charge on any atom is -0.497 e. The number of hydrogen-bond donors (Lipinski definition) is 1. The van der Waals surface area contributed by atoms with Crippen LogP contribution in [0.2, 0.25) is 0 Å². The third-order valence-electron chi connectivity index (χ3n) is 2.69. The van der Waals surface area contributed by atoms with Gasteiger partial charge in [0.2, 0.25) is 5.91 Å². The summed E-state index contributed by atoms with van der Waals surface area (Å²) in [7, 11) is 1.55. The molecule has 0 aliphatic carbocycles. The highest BCUT2D eigenvalue weighted by molar-refractivity contribution is 5.98. The van der Waals surface area contributed by atoms with Gasteiger partial charge < -0.3 is 10.5 Å². The second-order valence-corrected chi connectivity index (χ2v) is 4.16. The van der Waals surface area contributed by atoms with Crippen LogP contribution in [-0.2, 0) is 9.59 Å². The number of hydrogen-bond acceptors (Lipinski definition) is 4. The summed E-state index contributed by atoms with van der Waals surface area (Å²) in [5.74, 6) is -0.0559. The zero-order valence-electron chi connectivity index (χ0n) is 10.8. The molecule has 0 saturated carbocycles. The normalized spacial score (nSPS) is 9.95. The van der Waals surface area contributed by atoms with Crippen molar-refractivity contribution in [2.24, 2.45) is 5.73 Å². The Balaban J connectivity index is 2.42. The van der Waals surface area contributed by atoms with Crippen molar-refractivity contribution in [1.82, 2.24) is 0 Å². The van der Waals surface area contributed by atoms with E-state index in [1.54, 1.807) is 31.4 Å². The highest BCUT2D eigenvalue weighted by Gasteiger charge is 2.10. The van der Waals surface area contributed by atoms with Crippen molar-refractivity contribution in [3.8, 4) is 5.75 Å². The topological polar surface area (TPSA) is 86.5 Å². The molecule has 5 heteroatoms. The molecule has 0 aromatic heterocycles. The van der Waals surface area contributed by atoms with Crippen LogP contribution in [0.15, 0.2) is 24.3 Å². The molecule has 2 N–H and O–H groups in total. The number of rotatable bonds is 8. The van der Waals surface area contributed by atoms with Gasteiger partial charge in [0.25, 0.3) is 0 Å². The van der Waals surface area contributed by atoms with Gasteiger partial charge in [0.1, 0.15) is 11.5 Å². The van der Waals surface area contributed by atoms with Crippen LogP contribution in [-0.4, -0.2) is 24.6 Å². The monoisotopic (exact) mass is 263 g/mol. The van der Waals surface area contributed by atoms with E-state index in [4.69, 9.17) is 10.5 Å². The number of primary amides is 1. The molecule has 0 radical (unpaired) electrons. The van der Waals surface area contributed by atoms with Gasteiger partial charge in [-0.2, -0.15) is 0 Å². The van der Waals surface area contributed by atoms with Gasteiger partial charge >= 0.3 is 0 Å². The maximum Gasteiger partial charge on any atom is 0.217 e. The number of amides is 1. The molecule has 0 aliphatic heterocycles. The lowest BCUT2D eigenvalue weighted by molar-refractivity contribution is -0.123. The summed E-state index contributed by atoms with van der Waals surface area (Å²) in [6.07, 6.45) is 0.419. The summed E-state index contributed by atoms with van der Waals surface area (Å²) in [6.45, 7) is 0. The Labute approximate surface area is 111 Å². The molecule has 0 aliphatic rings. The SMILES string of the molecule is COc1ccc(C(=O)CCC(=O)CCC(N)=O)cc1. The van der Waals surface area contributed by atoms with Crippen LogP contribution in [0.5, 0.6) is 5.75 Å². The fourth-order valence-corrected chi connectivity index (χ4v) is 1.56. The van der Waals surface area contributed by atoms with E-state index in [0.717, 1.165) is 0 Å². The van der Waals surface area contributed by atoms with E-state index in [1.807, 2.05) is 0 Å². The van der Waals surface area contributed by atoms with E-state index in [9.17, 15) is 14.4 Å². The smallest absolute Gasteiger partial charge is 0.217 e. The van der Waals surface area contributed by atoms with Crippen molar-refractivity contribution in [2.45, 2.75) is 25.7 Å². The molecular weight excluding hydrogens is 246 g/mol. The third kappa shape index (κ3) is 5.33. The highest BCUT2D eigenvalue weighted by atomic mass is 16.5. The largest absolute Gasteiger partial charge is 0.497 e. The first-order valence-electron chi connectivity index (χ1n) is 6.00. The standard InChI is InChI=1S/C14H17NO4/c1-19-12-6-2-10(3-7-12)13(17)8-4-11(16)5-9-14(15)18/h2-3,6-7H,4-5,8-9H2,1H3,(H2,15,18). The van der Waals surface area contributed by atoms with E-state index >= 15 is 0 Å². The molecule has 0 fully saturated rings. The van der Waals surface area contributed by atoms with Crippen LogP contribution in [0, 0.1) is 0 Å². The highest BCUT2D eigenvalue weighted by Crippen LogP contribution is 2.13. The van der Waals surface area contributed by atoms with Gasteiger partial charge in [-0.25, -0.2) is 0 Å². The lowest BCUT2D eigenvalue weighted by atomic mass is 10.0. The van der Waals surface area contributed by atoms with Crippen LogP contribution in [0.4, 0.5) is 0 Å². The van der Waals surface area contributed by atoms with Crippen LogP contribution < -0.4 is 10.5 Å². The van der Waals surface area contributed by atoms with Crippen molar-refractivity contribution in [1.29, 1.82) is 0 Å². The Morgan fingerprint density at radius 2 is 1.58 bits per heavy atom. The molecule has 1 aromatic rings. The van der Waals surface area contributed by atoms with Gasteiger partial charge in [0.05, 0.1) is 7.11 Å². The minimum atomic E-state index is -0.505. The maximum absolute atomic E-state index is 11.8. The molecule has 0 saturated heterocycles. The van der Waals surface area contributed by atoms with Gasteiger partial charge in [0.15, 0.2) is 5.78 Å². The number of ether oxygens (including phenoxy) is 1. The molecular formula is C14H17NO4. The molecule has 0 heterocycles. The quantitative estimate of drug-likeness (QED) is 0.720. The van der Waals surface area contributed by atoms with Crippen molar-refractivity contribution in [2.75, 3.05) is 7.11 Å². The molecule has 1 aromatic carbocycles. The van der Waals surface area contributed by atoms with Gasteiger partial charge in [0, 0.05) is 31.2 Å². The predicted octanol–water partition coefficient (Wildman–Crippen LogP) is 1.49. The van der Waals surface area contributed by atoms with Gasteiger partial charge in [-0.05, 0) is 24.3 Å². The predicted molar refractivity (Wildman–Crippen MR) is 70.0 cm³/mol. The van der Waals surface area contributed by atoms with Crippen molar-refractivity contribution in [3.63, 3.8) is 0 Å². The van der Waals surface area contributed by atoms with Crippen LogP contribution >= 0.6 is 0 Å². The van der Waals surface area contributed by atoms with Gasteiger partial charge in [-0.15, -0.1) is 0 Å². The molecule has 0 spiro atoms. The van der Waals surface area contributed by atoms with Gasteiger partial charge in [-0.1, -0.05) is 0 Å². The molecule has 0 bridgehead atoms. The zero-order valence-corrected chi connectivity index (χ0v) is 10.8. The molecule has 1 rings (SSSR count). The molecule has 0 atom stereocenters. The second-order valence-electron chi connectivity index (χ2n) is 4.16. The number of ketones is 2. The number of Topliss-reactive ketones (excluding diaryl/α,β-unsaturated/α-hetero) is 2. The summed E-state index contributed by atoms with van der Waals surface area (Å²) >= 11 is 0. The van der Waals surface area contributed by atoms with E-state index in [-0.39, 0.29) is 37.2 Å². The second kappa shape index (κ2) is 7.31. The third-order valence-corrected chi connectivity index (χ3v) is 2.69. The first-order chi connectivity index (χ1) is 9.02. The Morgan fingerprint density at radius 3 is 2.11 bits per heavy atom. The van der Waals surface area contributed by atoms with Crippen molar-refractivity contribution in [3.05, 3.63) is 29.8 Å². The number of carbonyl (C=O) groups is 3. The first kappa shape index (κ1) is 14.9. The number of methoxy groups -OCH3 is 1. The number of nitrogens with two attached hydrogens (primary N) is 1. The Kier molecular flexibility index (Phi) is 5.73. The van der Waals surface area contributed by atoms with E-state index < -0.39 is 5.91 Å². The molecule has 1 amide bonds. The molecule has 5 nitrogen and oxygen atoms in total. The summed E-state index contributed by atoms with van der Waals surface area (Å²) < 4.78 is 4.99. The van der Waals surface area contributed by atoms with E-state index in [1.165, 1.54) is 0 Å². The van der Waals surface area contributed by atoms with E-state index in [2.05, 4.69) is 0 Å². The Hall–Kier alpha value is -2.17. The zero-order chi connectivity index (χ0) is 14.3. The molecule has 0 unspecified atom stereocenters. The fraction of sp³-hybridized carbons (Fsp3) is 0.357. The lowest BCUT2D eigenvalue weighted by Crippen LogP contribution is -2.13. The molecule has 19 heavy (non-hydrogen) atoms. The van der Waals surface area contributed by atoms with Crippen molar-refractivity contribution < 1.29 is 19.1 Å². The van der Waals surface area contributed by atoms with Crippen molar-refractivity contribution >= 4 is 17.5 Å². The summed E-state index contributed by atoms with van der Waals surface area (Å²) in [4.78, 5) is 33.7. The summed E-state index contributed by atoms with van der Waals surface area (Å²) in [6, 6.07) is 6.72. The van der Waals surface area contributed by atoms with Crippen LogP contribution in [0.25, 0.3) is 0 Å². The first-order valence-corrected chi connectivity index (χ1v) is 6.00. The summed E-state index contributed by atoms with van der Waals surface area (Å²) in [5.41, 5.74) is 5.49. The number of benzene rings is 1. The average molecular weight is 263 g/mol. The Bertz CT molecular complexity index is 465. The average Bonchev–Trinajstić information content (AvgIpc) is 2.42. The van der Waals surface area contributed by atoms with Gasteiger partial charge in [-0.3, -0.25) is 14.4 Å². The lowest BCUT2D eigenvalue weighted by Gasteiger charge is -2.03. The van der Waals surface area contributed by atoms with Crippen LogP contribution in [0.1, 0.15) is 36.0 Å². The minimum absolute atomic E-state index is 0.0373. The summed E-state index contributed by atoms with van der Waals surface area (Å²) in [5, 5.41) is 0. The Morgan fingerprint density at radius 1 is 1.00 bits per heavy atom. The van der Waals surface area contributed by atoms with E-state index in [0.29, 0.717) is 11.3 Å². The molecule has 102 valence electrons. The van der Waals surface area contributed by atoms with Crippen LogP contribution in [0.3, 0.4) is 0 Å². The fourth-order valence-electron chi connectivity index (χ4n) is 1.56.